The molecule has 0 saturated heterocycles. The molecule has 0 aliphatic carbocycles. The van der Waals surface area contributed by atoms with Crippen molar-refractivity contribution >= 4 is 29.3 Å². The second kappa shape index (κ2) is 6.91. The zero-order valence-corrected chi connectivity index (χ0v) is 13.2. The molecule has 21 heavy (non-hydrogen) atoms. The first-order valence-corrected chi connectivity index (χ1v) is 7.32. The van der Waals surface area contributed by atoms with E-state index in [4.69, 9.17) is 27.9 Å². The van der Waals surface area contributed by atoms with Crippen molar-refractivity contribution in [2.75, 3.05) is 0 Å². The molecule has 0 aliphatic heterocycles. The van der Waals surface area contributed by atoms with Gasteiger partial charge in [0.25, 0.3) is 0 Å². The summed E-state index contributed by atoms with van der Waals surface area (Å²) in [4.78, 5) is 16.3. The first-order chi connectivity index (χ1) is 9.99. The molecule has 5 nitrogen and oxygen atoms in total. The van der Waals surface area contributed by atoms with Crippen LogP contribution in [0.15, 0.2) is 30.3 Å². The molecule has 0 bridgehead atoms. The second-order valence-electron chi connectivity index (χ2n) is 4.51. The average Bonchev–Trinajstić information content (AvgIpc) is 2.91. The normalized spacial score (nSPS) is 13.7. The summed E-state index contributed by atoms with van der Waals surface area (Å²) < 4.78 is 6.28. The van der Waals surface area contributed by atoms with E-state index in [1.165, 1.54) is 0 Å². The van der Waals surface area contributed by atoms with Gasteiger partial charge < -0.3 is 4.74 Å². The molecule has 0 spiro atoms. The van der Waals surface area contributed by atoms with Gasteiger partial charge in [0.2, 0.25) is 0 Å². The number of aromatic nitrogens is 3. The van der Waals surface area contributed by atoms with Crippen molar-refractivity contribution in [3.8, 4) is 0 Å². The lowest BCUT2D eigenvalue weighted by atomic mass is 10.2. The smallest absolute Gasteiger partial charge is 0.436 e. The number of halogens is 2. The number of rotatable bonds is 4. The van der Waals surface area contributed by atoms with Crippen LogP contribution in [0.2, 0.25) is 0 Å². The van der Waals surface area contributed by atoms with Crippen molar-refractivity contribution in [2.45, 2.75) is 31.2 Å². The molecule has 2 rings (SSSR count). The summed E-state index contributed by atoms with van der Waals surface area (Å²) in [5.41, 5.74) is 0.886. The van der Waals surface area contributed by atoms with Crippen LogP contribution < -0.4 is 0 Å². The number of benzene rings is 1. The fourth-order valence-corrected chi connectivity index (χ4v) is 1.92. The van der Waals surface area contributed by atoms with E-state index in [0.717, 1.165) is 10.2 Å². The minimum atomic E-state index is -0.627. The van der Waals surface area contributed by atoms with E-state index in [-0.39, 0.29) is 6.61 Å². The molecule has 0 N–H and O–H groups in total. The zero-order chi connectivity index (χ0) is 15.4. The molecule has 2 unspecified atom stereocenters. The van der Waals surface area contributed by atoms with Gasteiger partial charge in [-0.3, -0.25) is 0 Å². The van der Waals surface area contributed by atoms with Crippen molar-refractivity contribution in [3.05, 3.63) is 47.5 Å². The number of nitrogens with zero attached hydrogens (tertiary/aromatic N) is 3. The molecule has 112 valence electrons. The molecule has 0 aliphatic rings. The van der Waals surface area contributed by atoms with Crippen molar-refractivity contribution < 1.29 is 9.53 Å². The predicted molar refractivity (Wildman–Crippen MR) is 80.6 cm³/mol. The van der Waals surface area contributed by atoms with E-state index in [9.17, 15) is 4.79 Å². The van der Waals surface area contributed by atoms with E-state index >= 15 is 0 Å². The zero-order valence-electron chi connectivity index (χ0n) is 11.7. The van der Waals surface area contributed by atoms with Crippen LogP contribution in [-0.2, 0) is 11.3 Å². The van der Waals surface area contributed by atoms with Crippen LogP contribution >= 0.6 is 23.2 Å². The summed E-state index contributed by atoms with van der Waals surface area (Å²) >= 11 is 12.0. The Labute approximate surface area is 132 Å². The minimum Gasteiger partial charge on any atom is -0.443 e. The van der Waals surface area contributed by atoms with E-state index in [1.807, 2.05) is 30.3 Å². The van der Waals surface area contributed by atoms with E-state index in [1.54, 1.807) is 13.8 Å². The molecule has 1 aromatic heterocycles. The first-order valence-electron chi connectivity index (χ1n) is 6.45. The molecule has 7 heteroatoms. The topological polar surface area (TPSA) is 57.0 Å². The summed E-state index contributed by atoms with van der Waals surface area (Å²) in [5, 5.41) is 3.16. The lowest BCUT2D eigenvalue weighted by Gasteiger charge is -2.07. The summed E-state index contributed by atoms with van der Waals surface area (Å²) in [5.74, 6) is 0.660. The average molecular weight is 328 g/mol. The molecule has 0 radical (unpaired) electrons. The molecule has 1 aromatic carbocycles. The van der Waals surface area contributed by atoms with Crippen molar-refractivity contribution in [1.82, 2.24) is 14.8 Å². The van der Waals surface area contributed by atoms with Gasteiger partial charge in [0.05, 0.1) is 10.8 Å². The summed E-state index contributed by atoms with van der Waals surface area (Å²) in [6, 6.07) is 9.37. The number of ether oxygens (including phenoxy) is 1. The molecule has 0 saturated carbocycles. The van der Waals surface area contributed by atoms with Crippen LogP contribution in [0, 0.1) is 0 Å². The van der Waals surface area contributed by atoms with Gasteiger partial charge in [0.1, 0.15) is 6.61 Å². The van der Waals surface area contributed by atoms with Crippen molar-refractivity contribution in [3.63, 3.8) is 0 Å². The maximum atomic E-state index is 12.1. The number of carbonyl (C=O) groups is 1. The number of hydrogen-bond acceptors (Lipinski definition) is 4. The third kappa shape index (κ3) is 3.95. The van der Waals surface area contributed by atoms with Crippen molar-refractivity contribution in [2.24, 2.45) is 0 Å². The van der Waals surface area contributed by atoms with Crippen LogP contribution in [0.5, 0.6) is 0 Å². The first kappa shape index (κ1) is 15.8. The highest BCUT2D eigenvalue weighted by atomic mass is 35.5. The molecular formula is C14H15Cl2N3O2. The Morgan fingerprint density at radius 1 is 1.24 bits per heavy atom. The fraction of sp³-hybridized carbons (Fsp3) is 0.357. The largest absolute Gasteiger partial charge is 0.443 e. The van der Waals surface area contributed by atoms with E-state index in [0.29, 0.717) is 11.6 Å². The maximum absolute atomic E-state index is 12.1. The molecule has 0 amide bonds. The second-order valence-corrected chi connectivity index (χ2v) is 5.82. The van der Waals surface area contributed by atoms with E-state index in [2.05, 4.69) is 10.1 Å². The molecule has 2 aromatic rings. The van der Waals surface area contributed by atoms with Crippen molar-refractivity contribution in [1.29, 1.82) is 0 Å². The van der Waals surface area contributed by atoms with Gasteiger partial charge in [0.15, 0.2) is 11.6 Å². The standard InChI is InChI=1S/C14H15Cl2N3O2/c1-9(15)12-17-13(10(2)16)19(18-12)14(20)21-8-11-6-4-3-5-7-11/h3-7,9-10H,8H2,1-2H3. The summed E-state index contributed by atoms with van der Waals surface area (Å²) in [6.07, 6.45) is -0.627. The Hall–Kier alpha value is -1.59. The number of carbonyl (C=O) groups excluding carboxylic acids is 1. The Morgan fingerprint density at radius 3 is 2.48 bits per heavy atom. The quantitative estimate of drug-likeness (QED) is 0.794. The third-order valence-corrected chi connectivity index (χ3v) is 3.13. The van der Waals surface area contributed by atoms with Gasteiger partial charge in [-0.2, -0.15) is 0 Å². The van der Waals surface area contributed by atoms with Crippen LogP contribution in [0.1, 0.15) is 41.8 Å². The Balaban J connectivity index is 2.14. The van der Waals surface area contributed by atoms with Crippen LogP contribution in [-0.4, -0.2) is 20.9 Å². The highest BCUT2D eigenvalue weighted by molar-refractivity contribution is 6.20. The Morgan fingerprint density at radius 2 is 1.90 bits per heavy atom. The van der Waals surface area contributed by atoms with Crippen LogP contribution in [0.4, 0.5) is 4.79 Å². The van der Waals surface area contributed by atoms with Gasteiger partial charge in [-0.1, -0.05) is 30.3 Å². The number of alkyl halides is 2. The fourth-order valence-electron chi connectivity index (χ4n) is 1.68. The van der Waals surface area contributed by atoms with Gasteiger partial charge in [0, 0.05) is 0 Å². The van der Waals surface area contributed by atoms with E-state index < -0.39 is 16.8 Å². The molecular weight excluding hydrogens is 313 g/mol. The number of hydrogen-bond donors (Lipinski definition) is 0. The highest BCUT2D eigenvalue weighted by Gasteiger charge is 2.22. The lowest BCUT2D eigenvalue weighted by molar-refractivity contribution is 0.136. The van der Waals surface area contributed by atoms with Gasteiger partial charge in [-0.05, 0) is 19.4 Å². The van der Waals surface area contributed by atoms with Gasteiger partial charge in [-0.25, -0.2) is 9.78 Å². The lowest BCUT2D eigenvalue weighted by Crippen LogP contribution is -2.18. The van der Waals surface area contributed by atoms with Crippen LogP contribution in [0.25, 0.3) is 0 Å². The van der Waals surface area contributed by atoms with Crippen LogP contribution in [0.3, 0.4) is 0 Å². The third-order valence-electron chi connectivity index (χ3n) is 2.74. The predicted octanol–water partition coefficient (Wildman–Crippen LogP) is 4.06. The van der Waals surface area contributed by atoms with Gasteiger partial charge in [-0.15, -0.1) is 33.0 Å². The minimum absolute atomic E-state index is 0.154. The Kier molecular flexibility index (Phi) is 5.20. The SMILES string of the molecule is CC(Cl)c1nc(C(C)Cl)n(C(=O)OCc2ccccc2)n1. The molecule has 1 heterocycles. The molecule has 0 fully saturated rings. The monoisotopic (exact) mass is 327 g/mol. The molecule has 2 atom stereocenters. The highest BCUT2D eigenvalue weighted by Crippen LogP contribution is 2.22. The maximum Gasteiger partial charge on any atom is 0.436 e. The summed E-state index contributed by atoms with van der Waals surface area (Å²) in [6.45, 7) is 3.58. The van der Waals surface area contributed by atoms with Gasteiger partial charge >= 0.3 is 6.09 Å². The summed E-state index contributed by atoms with van der Waals surface area (Å²) in [7, 11) is 0. The Bertz CT molecular complexity index is 612.